The summed E-state index contributed by atoms with van der Waals surface area (Å²) in [5.74, 6) is -1.50. The summed E-state index contributed by atoms with van der Waals surface area (Å²) in [6.45, 7) is 0. The Hall–Kier alpha value is -2.90. The van der Waals surface area contributed by atoms with E-state index in [-0.39, 0.29) is 16.7 Å². The van der Waals surface area contributed by atoms with Gasteiger partial charge in [-0.1, -0.05) is 0 Å². The third-order valence-corrected chi connectivity index (χ3v) is 3.14. The van der Waals surface area contributed by atoms with E-state index in [1.54, 1.807) is 0 Å². The van der Waals surface area contributed by atoms with Gasteiger partial charge in [0.1, 0.15) is 5.75 Å². The predicted octanol–water partition coefficient (Wildman–Crippen LogP) is 2.74. The molecule has 2 rings (SSSR count). The molecule has 1 heterocycles. The fourth-order valence-corrected chi connectivity index (χ4v) is 1.95. The molecule has 0 unspecified atom stereocenters. The van der Waals surface area contributed by atoms with Crippen LogP contribution in [0.25, 0.3) is 0 Å². The van der Waals surface area contributed by atoms with Gasteiger partial charge in [-0.05, 0) is 30.3 Å². The normalized spacial score (nSPS) is 11.2. The molecule has 2 aromatic rings. The smallest absolute Gasteiger partial charge is 0.406 e. The molecule has 1 aromatic carbocycles. The van der Waals surface area contributed by atoms with E-state index in [1.165, 1.54) is 29.9 Å². The molecule has 0 bridgehead atoms. The van der Waals surface area contributed by atoms with Crippen molar-refractivity contribution in [1.29, 1.82) is 0 Å². The molecule has 8 heteroatoms. The number of alkyl halides is 3. The van der Waals surface area contributed by atoms with E-state index in [1.807, 2.05) is 0 Å². The maximum Gasteiger partial charge on any atom is 0.573 e. The lowest BCUT2D eigenvalue weighted by molar-refractivity contribution is -0.274. The molecule has 5 nitrogen and oxygen atoms in total. The van der Waals surface area contributed by atoms with E-state index < -0.39 is 30.1 Å². The highest BCUT2D eigenvalue weighted by molar-refractivity contribution is 6.13. The minimum absolute atomic E-state index is 0.0858. The van der Waals surface area contributed by atoms with Crippen LogP contribution < -0.4 is 10.3 Å². The number of nitrogens with zero attached hydrogens (tertiary/aromatic N) is 1. The van der Waals surface area contributed by atoms with Gasteiger partial charge in [0.15, 0.2) is 11.6 Å². The molecule has 1 aromatic heterocycles. The van der Waals surface area contributed by atoms with Crippen LogP contribution in [-0.2, 0) is 7.05 Å². The Kier molecular flexibility index (Phi) is 4.87. The van der Waals surface area contributed by atoms with E-state index in [0.717, 1.165) is 24.3 Å². The molecule has 0 amide bonds. The zero-order valence-corrected chi connectivity index (χ0v) is 12.5. The van der Waals surface area contributed by atoms with Gasteiger partial charge in [0.05, 0.1) is 6.42 Å². The first-order valence-electron chi connectivity index (χ1n) is 6.74. The highest BCUT2D eigenvalue weighted by Crippen LogP contribution is 2.23. The van der Waals surface area contributed by atoms with Crippen molar-refractivity contribution in [3.05, 3.63) is 64.1 Å². The van der Waals surface area contributed by atoms with Gasteiger partial charge in [0.25, 0.3) is 0 Å². The van der Waals surface area contributed by atoms with E-state index in [9.17, 15) is 27.6 Å². The summed E-state index contributed by atoms with van der Waals surface area (Å²) in [7, 11) is 1.47. The minimum atomic E-state index is -4.81. The molecule has 0 atom stereocenters. The molecule has 0 saturated heterocycles. The molecular formula is C16H12F3NO4. The van der Waals surface area contributed by atoms with Crippen LogP contribution in [0, 0.1) is 0 Å². The number of carbonyl (C=O) groups is 2. The van der Waals surface area contributed by atoms with Crippen molar-refractivity contribution in [3.8, 4) is 5.75 Å². The Bertz CT molecular complexity index is 822. The van der Waals surface area contributed by atoms with E-state index in [2.05, 4.69) is 4.74 Å². The van der Waals surface area contributed by atoms with Crippen LogP contribution in [0.4, 0.5) is 13.2 Å². The second kappa shape index (κ2) is 6.69. The van der Waals surface area contributed by atoms with Crippen LogP contribution in [0.2, 0.25) is 0 Å². The lowest BCUT2D eigenvalue weighted by atomic mass is 10.0. The lowest BCUT2D eigenvalue weighted by Gasteiger charge is -2.09. The Labute approximate surface area is 134 Å². The van der Waals surface area contributed by atoms with Gasteiger partial charge < -0.3 is 9.30 Å². The third-order valence-electron chi connectivity index (χ3n) is 3.14. The SMILES string of the molecule is Cn1cc(C(=O)CC(=O)c2ccc(OC(F)(F)F)cc2)ccc1=O. The number of pyridine rings is 1. The van der Waals surface area contributed by atoms with Crippen LogP contribution in [0.3, 0.4) is 0 Å². The quantitative estimate of drug-likeness (QED) is 0.621. The number of carbonyl (C=O) groups excluding carboxylic acids is 2. The van der Waals surface area contributed by atoms with Crippen LogP contribution in [0.5, 0.6) is 5.75 Å². The highest BCUT2D eigenvalue weighted by atomic mass is 19.4. The Balaban J connectivity index is 2.07. The number of hydrogen-bond donors (Lipinski definition) is 0. The summed E-state index contributed by atoms with van der Waals surface area (Å²) in [6, 6.07) is 6.82. The summed E-state index contributed by atoms with van der Waals surface area (Å²) in [5, 5.41) is 0. The van der Waals surface area contributed by atoms with Gasteiger partial charge in [-0.3, -0.25) is 14.4 Å². The standard InChI is InChI=1S/C16H12F3NO4/c1-20-9-11(4-7-15(20)23)14(22)8-13(21)10-2-5-12(6-3-10)24-16(17,18)19/h2-7,9H,8H2,1H3. The molecule has 0 aliphatic rings. The number of ether oxygens (including phenoxy) is 1. The summed E-state index contributed by atoms with van der Waals surface area (Å²) in [5.41, 5.74) is -0.0108. The zero-order chi connectivity index (χ0) is 17.9. The molecule has 0 radical (unpaired) electrons. The molecule has 0 fully saturated rings. The van der Waals surface area contributed by atoms with Crippen molar-refractivity contribution in [2.24, 2.45) is 7.05 Å². The van der Waals surface area contributed by atoms with Gasteiger partial charge in [0, 0.05) is 30.4 Å². The van der Waals surface area contributed by atoms with Gasteiger partial charge in [-0.25, -0.2) is 0 Å². The number of hydrogen-bond acceptors (Lipinski definition) is 4. The molecule has 0 N–H and O–H groups in total. The predicted molar refractivity (Wildman–Crippen MR) is 78.1 cm³/mol. The number of ketones is 2. The summed E-state index contributed by atoms with van der Waals surface area (Å²) in [4.78, 5) is 35.3. The summed E-state index contributed by atoms with van der Waals surface area (Å²) < 4.78 is 41.1. The fraction of sp³-hybridized carbons (Fsp3) is 0.188. The second-order valence-corrected chi connectivity index (χ2v) is 4.96. The van der Waals surface area contributed by atoms with Crippen molar-refractivity contribution < 1.29 is 27.5 Å². The lowest BCUT2D eigenvalue weighted by Crippen LogP contribution is -2.18. The molecule has 0 aliphatic carbocycles. The van der Waals surface area contributed by atoms with Gasteiger partial charge >= 0.3 is 6.36 Å². The number of halogens is 3. The van der Waals surface area contributed by atoms with Crippen LogP contribution in [0.1, 0.15) is 27.1 Å². The summed E-state index contributed by atoms with van der Waals surface area (Å²) >= 11 is 0. The van der Waals surface area contributed by atoms with Crippen molar-refractivity contribution in [2.75, 3.05) is 0 Å². The van der Waals surface area contributed by atoms with Crippen LogP contribution in [0.15, 0.2) is 47.4 Å². The number of aromatic nitrogens is 1. The fourth-order valence-electron chi connectivity index (χ4n) is 1.95. The van der Waals surface area contributed by atoms with Gasteiger partial charge in [-0.15, -0.1) is 13.2 Å². The van der Waals surface area contributed by atoms with Crippen LogP contribution in [-0.4, -0.2) is 22.5 Å². The van der Waals surface area contributed by atoms with Crippen molar-refractivity contribution >= 4 is 11.6 Å². The monoisotopic (exact) mass is 339 g/mol. The highest BCUT2D eigenvalue weighted by Gasteiger charge is 2.31. The third kappa shape index (κ3) is 4.55. The Morgan fingerprint density at radius 3 is 2.08 bits per heavy atom. The maximum atomic E-state index is 12.1. The second-order valence-electron chi connectivity index (χ2n) is 4.96. The zero-order valence-electron chi connectivity index (χ0n) is 12.5. The first-order valence-corrected chi connectivity index (χ1v) is 6.74. The largest absolute Gasteiger partial charge is 0.573 e. The molecule has 24 heavy (non-hydrogen) atoms. The van der Waals surface area contributed by atoms with Gasteiger partial charge in [-0.2, -0.15) is 0 Å². The average molecular weight is 339 g/mol. The number of benzene rings is 1. The Morgan fingerprint density at radius 1 is 1.00 bits per heavy atom. The molecule has 0 aliphatic heterocycles. The Morgan fingerprint density at radius 2 is 1.54 bits per heavy atom. The van der Waals surface area contributed by atoms with E-state index >= 15 is 0 Å². The van der Waals surface area contributed by atoms with E-state index in [4.69, 9.17) is 0 Å². The number of Topliss-reactive ketones (excluding diaryl/α,β-unsaturated/α-hetero) is 2. The molecule has 126 valence electrons. The minimum Gasteiger partial charge on any atom is -0.406 e. The first kappa shape index (κ1) is 17.5. The van der Waals surface area contributed by atoms with E-state index in [0.29, 0.717) is 0 Å². The number of aryl methyl sites for hydroxylation is 1. The van der Waals surface area contributed by atoms with Crippen molar-refractivity contribution in [2.45, 2.75) is 12.8 Å². The summed E-state index contributed by atoms with van der Waals surface area (Å²) in [6.07, 6.45) is -3.96. The molecule has 0 saturated carbocycles. The van der Waals surface area contributed by atoms with Crippen molar-refractivity contribution in [3.63, 3.8) is 0 Å². The average Bonchev–Trinajstić information content (AvgIpc) is 2.49. The first-order chi connectivity index (χ1) is 11.2. The molecule has 0 spiro atoms. The molecular weight excluding hydrogens is 327 g/mol. The topological polar surface area (TPSA) is 65.4 Å². The van der Waals surface area contributed by atoms with Crippen molar-refractivity contribution in [1.82, 2.24) is 4.57 Å². The van der Waals surface area contributed by atoms with Crippen LogP contribution >= 0.6 is 0 Å². The number of rotatable bonds is 5. The van der Waals surface area contributed by atoms with Gasteiger partial charge in [0.2, 0.25) is 5.56 Å². The maximum absolute atomic E-state index is 12.1.